The summed E-state index contributed by atoms with van der Waals surface area (Å²) < 4.78 is 50.2. The lowest BCUT2D eigenvalue weighted by Crippen LogP contribution is -2.33. The molecule has 3 rings (SSSR count). The Morgan fingerprint density at radius 1 is 1.20 bits per heavy atom. The fourth-order valence-corrected chi connectivity index (χ4v) is 2.94. The molecule has 0 spiro atoms. The highest BCUT2D eigenvalue weighted by atomic mass is 35.5. The molecule has 1 aliphatic rings. The molecule has 1 N–H and O–H groups in total. The molecule has 0 bridgehead atoms. The van der Waals surface area contributed by atoms with Crippen molar-refractivity contribution in [2.24, 2.45) is 0 Å². The number of morpholine rings is 1. The van der Waals surface area contributed by atoms with E-state index >= 15 is 0 Å². The topological polar surface area (TPSA) is 30.5 Å². The van der Waals surface area contributed by atoms with Crippen LogP contribution in [0.25, 0.3) is 0 Å². The number of nitrogens with one attached hydrogen (secondary N) is 1. The molecular formula is C18H17ClF3NO2. The van der Waals surface area contributed by atoms with Crippen LogP contribution in [0.5, 0.6) is 5.75 Å². The van der Waals surface area contributed by atoms with Gasteiger partial charge in [-0.15, -0.1) is 0 Å². The summed E-state index contributed by atoms with van der Waals surface area (Å²) in [6.45, 7) is 1.91. The third kappa shape index (κ3) is 4.45. The molecule has 134 valence electrons. The minimum atomic E-state index is -4.42. The minimum Gasteiger partial charge on any atom is -0.487 e. The zero-order chi connectivity index (χ0) is 17.9. The normalized spacial score (nSPS) is 18.2. The van der Waals surface area contributed by atoms with Gasteiger partial charge in [0.05, 0.1) is 23.3 Å². The van der Waals surface area contributed by atoms with Crippen molar-refractivity contribution in [2.75, 3.05) is 19.7 Å². The summed E-state index contributed by atoms with van der Waals surface area (Å²) in [6, 6.07) is 10.5. The fourth-order valence-electron chi connectivity index (χ4n) is 2.69. The number of hydrogen-bond donors (Lipinski definition) is 1. The van der Waals surface area contributed by atoms with Gasteiger partial charge in [0.15, 0.2) is 0 Å². The number of ether oxygens (including phenoxy) is 2. The van der Waals surface area contributed by atoms with Gasteiger partial charge in [-0.1, -0.05) is 35.9 Å². The molecule has 1 heterocycles. The van der Waals surface area contributed by atoms with Crippen LogP contribution in [-0.2, 0) is 17.5 Å². The third-order valence-electron chi connectivity index (χ3n) is 3.96. The first-order valence-corrected chi connectivity index (χ1v) is 8.22. The molecule has 25 heavy (non-hydrogen) atoms. The van der Waals surface area contributed by atoms with Gasteiger partial charge in [0.1, 0.15) is 12.4 Å². The van der Waals surface area contributed by atoms with E-state index in [1.165, 1.54) is 12.1 Å². The molecule has 1 aliphatic heterocycles. The molecule has 0 aliphatic carbocycles. The van der Waals surface area contributed by atoms with Crippen molar-refractivity contribution >= 4 is 11.6 Å². The van der Waals surface area contributed by atoms with Crippen LogP contribution in [0, 0.1) is 0 Å². The Hall–Kier alpha value is -1.76. The van der Waals surface area contributed by atoms with Gasteiger partial charge in [-0.2, -0.15) is 13.2 Å². The van der Waals surface area contributed by atoms with E-state index < -0.39 is 11.7 Å². The molecule has 1 saturated heterocycles. The first kappa shape index (κ1) is 18.0. The summed E-state index contributed by atoms with van der Waals surface area (Å²) >= 11 is 6.22. The summed E-state index contributed by atoms with van der Waals surface area (Å²) in [4.78, 5) is 0. The average molecular weight is 372 g/mol. The van der Waals surface area contributed by atoms with Crippen LogP contribution in [0.2, 0.25) is 5.02 Å². The Morgan fingerprint density at radius 2 is 2.00 bits per heavy atom. The van der Waals surface area contributed by atoms with E-state index in [2.05, 4.69) is 5.32 Å². The van der Waals surface area contributed by atoms with Crippen LogP contribution in [0.4, 0.5) is 13.2 Å². The van der Waals surface area contributed by atoms with Gasteiger partial charge in [-0.25, -0.2) is 0 Å². The van der Waals surface area contributed by atoms with Gasteiger partial charge >= 0.3 is 6.18 Å². The molecule has 1 fully saturated rings. The molecular weight excluding hydrogens is 355 g/mol. The Kier molecular flexibility index (Phi) is 5.51. The summed E-state index contributed by atoms with van der Waals surface area (Å²) in [6.07, 6.45) is -4.51. The van der Waals surface area contributed by atoms with Crippen molar-refractivity contribution in [2.45, 2.75) is 18.9 Å². The maximum Gasteiger partial charge on any atom is 0.416 e. The molecule has 3 nitrogen and oxygen atoms in total. The van der Waals surface area contributed by atoms with E-state index in [1.807, 2.05) is 6.07 Å². The lowest BCUT2D eigenvalue weighted by molar-refractivity contribution is -0.138. The highest BCUT2D eigenvalue weighted by molar-refractivity contribution is 6.32. The number of halogens is 4. The van der Waals surface area contributed by atoms with E-state index in [0.717, 1.165) is 18.2 Å². The third-order valence-corrected chi connectivity index (χ3v) is 4.26. The van der Waals surface area contributed by atoms with Crippen molar-refractivity contribution in [1.82, 2.24) is 5.32 Å². The predicted molar refractivity (Wildman–Crippen MR) is 88.8 cm³/mol. The summed E-state index contributed by atoms with van der Waals surface area (Å²) in [5.74, 6) is 0.339. The summed E-state index contributed by atoms with van der Waals surface area (Å²) in [5, 5.41) is 3.57. The first-order chi connectivity index (χ1) is 11.9. The number of hydrogen-bond acceptors (Lipinski definition) is 3. The number of benzene rings is 2. The predicted octanol–water partition coefficient (Wildman–Crippen LogP) is 4.60. The van der Waals surface area contributed by atoms with Crippen molar-refractivity contribution < 1.29 is 22.6 Å². The zero-order valence-corrected chi connectivity index (χ0v) is 14.0. The standard InChI is InChI=1S/C18H17ClF3NO2/c19-15-9-12(17-10-23-7-8-24-17)5-6-16(15)25-11-13-3-1-2-4-14(13)18(20,21)22/h1-6,9,17,23H,7-8,10-11H2. The number of rotatable bonds is 4. The second-order valence-electron chi connectivity index (χ2n) is 5.70. The second kappa shape index (κ2) is 7.64. The lowest BCUT2D eigenvalue weighted by Gasteiger charge is -2.24. The van der Waals surface area contributed by atoms with E-state index in [4.69, 9.17) is 21.1 Å². The highest BCUT2D eigenvalue weighted by Gasteiger charge is 2.33. The second-order valence-corrected chi connectivity index (χ2v) is 6.10. The smallest absolute Gasteiger partial charge is 0.416 e. The van der Waals surface area contributed by atoms with E-state index in [1.54, 1.807) is 18.2 Å². The van der Waals surface area contributed by atoms with Crippen LogP contribution in [0.1, 0.15) is 22.8 Å². The maximum absolute atomic E-state index is 13.0. The Labute approximate surface area is 148 Å². The molecule has 1 atom stereocenters. The summed E-state index contributed by atoms with van der Waals surface area (Å²) in [7, 11) is 0. The van der Waals surface area contributed by atoms with Crippen LogP contribution < -0.4 is 10.1 Å². The summed E-state index contributed by atoms with van der Waals surface area (Å²) in [5.41, 5.74) is 0.264. The monoisotopic (exact) mass is 371 g/mol. The van der Waals surface area contributed by atoms with E-state index in [0.29, 0.717) is 23.9 Å². The molecule has 0 aromatic heterocycles. The molecule has 0 saturated carbocycles. The van der Waals surface area contributed by atoms with Gasteiger partial charge in [0.2, 0.25) is 0 Å². The Bertz CT molecular complexity index is 731. The van der Waals surface area contributed by atoms with Crippen molar-refractivity contribution in [3.05, 3.63) is 64.2 Å². The van der Waals surface area contributed by atoms with E-state index in [-0.39, 0.29) is 18.3 Å². The number of alkyl halides is 3. The van der Waals surface area contributed by atoms with Gasteiger partial charge in [-0.05, 0) is 23.8 Å². The molecule has 0 amide bonds. The molecule has 1 unspecified atom stereocenters. The van der Waals surface area contributed by atoms with Gasteiger partial charge in [-0.3, -0.25) is 0 Å². The van der Waals surface area contributed by atoms with Crippen LogP contribution in [0.15, 0.2) is 42.5 Å². The minimum absolute atomic E-state index is 0.0648. The average Bonchev–Trinajstić information content (AvgIpc) is 2.61. The van der Waals surface area contributed by atoms with Crippen molar-refractivity contribution in [3.63, 3.8) is 0 Å². The van der Waals surface area contributed by atoms with Crippen LogP contribution >= 0.6 is 11.6 Å². The highest BCUT2D eigenvalue weighted by Crippen LogP contribution is 2.34. The fraction of sp³-hybridized carbons (Fsp3) is 0.333. The van der Waals surface area contributed by atoms with Gasteiger partial charge in [0, 0.05) is 18.7 Å². The molecule has 7 heteroatoms. The SMILES string of the molecule is FC(F)(F)c1ccccc1COc1ccc(C2CNCCO2)cc1Cl. The van der Waals surface area contributed by atoms with Crippen LogP contribution in [0.3, 0.4) is 0 Å². The van der Waals surface area contributed by atoms with Gasteiger partial charge in [0.25, 0.3) is 0 Å². The zero-order valence-electron chi connectivity index (χ0n) is 13.3. The first-order valence-electron chi connectivity index (χ1n) is 7.85. The van der Waals surface area contributed by atoms with Crippen molar-refractivity contribution in [3.8, 4) is 5.75 Å². The Balaban J connectivity index is 1.72. The van der Waals surface area contributed by atoms with Crippen LogP contribution in [-0.4, -0.2) is 19.7 Å². The maximum atomic E-state index is 13.0. The quantitative estimate of drug-likeness (QED) is 0.852. The van der Waals surface area contributed by atoms with E-state index in [9.17, 15) is 13.2 Å². The molecule has 0 radical (unpaired) electrons. The Morgan fingerprint density at radius 3 is 2.68 bits per heavy atom. The largest absolute Gasteiger partial charge is 0.487 e. The lowest BCUT2D eigenvalue weighted by atomic mass is 10.1. The van der Waals surface area contributed by atoms with Gasteiger partial charge < -0.3 is 14.8 Å². The molecule has 2 aromatic carbocycles. The van der Waals surface area contributed by atoms with Crippen molar-refractivity contribution in [1.29, 1.82) is 0 Å². The molecule has 2 aromatic rings.